The van der Waals surface area contributed by atoms with E-state index in [-0.39, 0.29) is 15.5 Å². The van der Waals surface area contributed by atoms with E-state index in [1.54, 1.807) is 24.3 Å². The topological polar surface area (TPSA) is 102 Å². The second-order valence-corrected chi connectivity index (χ2v) is 8.34. The third kappa shape index (κ3) is 5.22. The van der Waals surface area contributed by atoms with Gasteiger partial charge >= 0.3 is 5.97 Å². The van der Waals surface area contributed by atoms with E-state index in [1.165, 1.54) is 33.3 Å². The molecule has 2 aromatic rings. The van der Waals surface area contributed by atoms with Crippen LogP contribution in [0.1, 0.15) is 10.4 Å². The fourth-order valence-corrected chi connectivity index (χ4v) is 3.24. The van der Waals surface area contributed by atoms with Crippen LogP contribution in [0, 0.1) is 0 Å². The van der Waals surface area contributed by atoms with Crippen molar-refractivity contribution in [2.75, 3.05) is 33.1 Å². The van der Waals surface area contributed by atoms with Crippen molar-refractivity contribution in [1.29, 1.82) is 0 Å². The van der Waals surface area contributed by atoms with Crippen LogP contribution in [0.25, 0.3) is 0 Å². The lowest BCUT2D eigenvalue weighted by Gasteiger charge is -2.13. The highest BCUT2D eigenvalue weighted by Gasteiger charge is 2.22. The van der Waals surface area contributed by atoms with Crippen molar-refractivity contribution in [3.05, 3.63) is 53.1 Å². The fraction of sp³-hybridized carbons (Fsp3) is 0.222. The van der Waals surface area contributed by atoms with Crippen LogP contribution < -0.4 is 10.1 Å². The van der Waals surface area contributed by atoms with Gasteiger partial charge in [0.15, 0.2) is 6.61 Å². The van der Waals surface area contributed by atoms with Crippen molar-refractivity contribution in [3.63, 3.8) is 0 Å². The summed E-state index contributed by atoms with van der Waals surface area (Å²) in [6.45, 7) is -0.564. The quantitative estimate of drug-likeness (QED) is 0.682. The Bertz CT molecular complexity index is 974. The number of carbonyl (C=O) groups excluding carboxylic acids is 2. The van der Waals surface area contributed by atoms with Gasteiger partial charge in [-0.2, -0.15) is 0 Å². The zero-order valence-electron chi connectivity index (χ0n) is 15.4. The first kappa shape index (κ1) is 21.7. The van der Waals surface area contributed by atoms with Gasteiger partial charge in [-0.05, 0) is 42.5 Å². The fourth-order valence-electron chi connectivity index (χ4n) is 2.11. The van der Waals surface area contributed by atoms with E-state index in [4.69, 9.17) is 21.1 Å². The van der Waals surface area contributed by atoms with Crippen LogP contribution in [0.3, 0.4) is 0 Å². The molecule has 0 heterocycles. The summed E-state index contributed by atoms with van der Waals surface area (Å²) >= 11 is 5.97. The van der Waals surface area contributed by atoms with E-state index in [9.17, 15) is 18.0 Å². The summed E-state index contributed by atoms with van der Waals surface area (Å²) < 4.78 is 35.4. The third-order valence-corrected chi connectivity index (χ3v) is 5.79. The zero-order chi connectivity index (χ0) is 20.9. The lowest BCUT2D eigenvalue weighted by atomic mass is 10.2. The molecule has 2 aromatic carbocycles. The number of hydrogen-bond acceptors (Lipinski definition) is 6. The molecule has 0 saturated heterocycles. The highest BCUT2D eigenvalue weighted by molar-refractivity contribution is 7.89. The molecule has 0 unspecified atom stereocenters. The van der Waals surface area contributed by atoms with Crippen molar-refractivity contribution in [2.24, 2.45) is 0 Å². The lowest BCUT2D eigenvalue weighted by molar-refractivity contribution is -0.119. The van der Waals surface area contributed by atoms with E-state index in [1.807, 2.05) is 0 Å². The molecule has 0 aromatic heterocycles. The molecule has 10 heteroatoms. The number of esters is 1. The Morgan fingerprint density at radius 1 is 1.11 bits per heavy atom. The molecule has 0 saturated carbocycles. The molecule has 0 aliphatic rings. The van der Waals surface area contributed by atoms with Gasteiger partial charge < -0.3 is 14.8 Å². The molecule has 0 fully saturated rings. The lowest BCUT2D eigenvalue weighted by Crippen LogP contribution is -2.23. The maximum Gasteiger partial charge on any atom is 0.340 e. The van der Waals surface area contributed by atoms with Crippen LogP contribution in [0.15, 0.2) is 47.4 Å². The molecule has 1 N–H and O–H groups in total. The van der Waals surface area contributed by atoms with Crippen LogP contribution in [-0.2, 0) is 19.6 Å². The van der Waals surface area contributed by atoms with Crippen LogP contribution in [-0.4, -0.2) is 52.4 Å². The number of benzene rings is 2. The molecular formula is C18H19ClN2O6S. The first-order chi connectivity index (χ1) is 13.1. The largest absolute Gasteiger partial charge is 0.497 e. The minimum Gasteiger partial charge on any atom is -0.497 e. The minimum atomic E-state index is -3.75. The van der Waals surface area contributed by atoms with Crippen molar-refractivity contribution < 1.29 is 27.5 Å². The Balaban J connectivity index is 2.05. The minimum absolute atomic E-state index is 0.0123. The van der Waals surface area contributed by atoms with E-state index in [2.05, 4.69) is 5.32 Å². The number of ether oxygens (including phenoxy) is 2. The number of hydrogen-bond donors (Lipinski definition) is 1. The molecule has 2 rings (SSSR count). The molecule has 0 bridgehead atoms. The number of nitrogens with zero attached hydrogens (tertiary/aromatic N) is 1. The number of sulfonamides is 1. The number of anilines is 1. The van der Waals surface area contributed by atoms with Gasteiger partial charge in [-0.1, -0.05) is 11.6 Å². The standard InChI is InChI=1S/C18H19ClN2O6S/c1-21(2)28(24,25)14-8-9-16(19)15(10-14)18(23)27-11-17(22)20-12-4-6-13(26-3)7-5-12/h4-10H,11H2,1-3H3,(H,20,22). The second-order valence-electron chi connectivity index (χ2n) is 5.78. The van der Waals surface area contributed by atoms with Crippen molar-refractivity contribution in [2.45, 2.75) is 4.90 Å². The summed E-state index contributed by atoms with van der Waals surface area (Å²) in [5, 5.41) is 2.57. The van der Waals surface area contributed by atoms with Gasteiger partial charge in [0, 0.05) is 19.8 Å². The first-order valence-electron chi connectivity index (χ1n) is 7.98. The normalized spacial score (nSPS) is 11.2. The van der Waals surface area contributed by atoms with Gasteiger partial charge in [-0.3, -0.25) is 4.79 Å². The van der Waals surface area contributed by atoms with Crippen molar-refractivity contribution in [1.82, 2.24) is 4.31 Å². The molecule has 150 valence electrons. The average Bonchev–Trinajstić information content (AvgIpc) is 2.66. The maximum atomic E-state index is 12.2. The summed E-state index contributed by atoms with van der Waals surface area (Å²) in [5.41, 5.74) is 0.348. The predicted molar refractivity (Wildman–Crippen MR) is 104 cm³/mol. The molecule has 0 radical (unpaired) electrons. The molecular weight excluding hydrogens is 408 g/mol. The Morgan fingerprint density at radius 2 is 1.75 bits per heavy atom. The van der Waals surface area contributed by atoms with Gasteiger partial charge in [-0.15, -0.1) is 0 Å². The first-order valence-corrected chi connectivity index (χ1v) is 9.80. The monoisotopic (exact) mass is 426 g/mol. The highest BCUT2D eigenvalue weighted by Crippen LogP contribution is 2.23. The van der Waals surface area contributed by atoms with Crippen molar-refractivity contribution in [3.8, 4) is 5.75 Å². The summed E-state index contributed by atoms with van der Waals surface area (Å²) in [7, 11) is 0.508. The smallest absolute Gasteiger partial charge is 0.340 e. The zero-order valence-corrected chi connectivity index (χ0v) is 17.0. The van der Waals surface area contributed by atoms with Gasteiger partial charge in [0.2, 0.25) is 10.0 Å². The number of amides is 1. The third-order valence-electron chi connectivity index (χ3n) is 3.64. The SMILES string of the molecule is COc1ccc(NC(=O)COC(=O)c2cc(S(=O)(=O)N(C)C)ccc2Cl)cc1. The molecule has 0 spiro atoms. The summed E-state index contributed by atoms with van der Waals surface area (Å²) in [6, 6.07) is 10.3. The van der Waals surface area contributed by atoms with Crippen LogP contribution >= 0.6 is 11.6 Å². The molecule has 28 heavy (non-hydrogen) atoms. The summed E-state index contributed by atoms with van der Waals surface area (Å²) in [4.78, 5) is 24.1. The maximum absolute atomic E-state index is 12.2. The number of nitrogens with one attached hydrogen (secondary N) is 1. The Labute approximate surface area is 168 Å². The Morgan fingerprint density at radius 3 is 2.32 bits per heavy atom. The van der Waals surface area contributed by atoms with Crippen molar-refractivity contribution >= 4 is 39.2 Å². The van der Waals surface area contributed by atoms with E-state index >= 15 is 0 Å². The average molecular weight is 427 g/mol. The number of methoxy groups -OCH3 is 1. The molecule has 0 atom stereocenters. The van der Waals surface area contributed by atoms with Gasteiger partial charge in [0.05, 0.1) is 22.6 Å². The van der Waals surface area contributed by atoms with Crippen LogP contribution in [0.4, 0.5) is 5.69 Å². The molecule has 0 aliphatic carbocycles. The predicted octanol–water partition coefficient (Wildman–Crippen LogP) is 2.39. The molecule has 1 amide bonds. The summed E-state index contributed by atoms with van der Waals surface area (Å²) in [5.74, 6) is -0.843. The van der Waals surface area contributed by atoms with Crippen LogP contribution in [0.2, 0.25) is 5.02 Å². The Hall–Kier alpha value is -2.62. The molecule has 8 nitrogen and oxygen atoms in total. The van der Waals surface area contributed by atoms with Gasteiger partial charge in [0.25, 0.3) is 5.91 Å². The van der Waals surface area contributed by atoms with E-state index in [0.29, 0.717) is 11.4 Å². The second kappa shape index (κ2) is 9.05. The number of carbonyl (C=O) groups is 2. The molecule has 0 aliphatic heterocycles. The highest BCUT2D eigenvalue weighted by atomic mass is 35.5. The van der Waals surface area contributed by atoms with Gasteiger partial charge in [-0.25, -0.2) is 17.5 Å². The number of halogens is 1. The van der Waals surface area contributed by atoms with E-state index < -0.39 is 28.5 Å². The van der Waals surface area contributed by atoms with Gasteiger partial charge in [0.1, 0.15) is 5.75 Å². The van der Waals surface area contributed by atoms with E-state index in [0.717, 1.165) is 10.4 Å². The Kier molecular flexibility index (Phi) is 7.00. The number of rotatable bonds is 7. The van der Waals surface area contributed by atoms with Crippen LogP contribution in [0.5, 0.6) is 5.75 Å². The summed E-state index contributed by atoms with van der Waals surface area (Å²) in [6.07, 6.45) is 0.